The third-order valence-corrected chi connectivity index (χ3v) is 2.86. The van der Waals surface area contributed by atoms with Crippen LogP contribution in [0.1, 0.15) is 18.2 Å². The normalized spacial score (nSPS) is 11.4. The van der Waals surface area contributed by atoms with Gasteiger partial charge in [0, 0.05) is 29.4 Å². The second-order valence-corrected chi connectivity index (χ2v) is 4.22. The van der Waals surface area contributed by atoms with E-state index in [0.717, 1.165) is 6.07 Å². The molecule has 1 aromatic carbocycles. The van der Waals surface area contributed by atoms with Crippen molar-refractivity contribution in [2.75, 3.05) is 0 Å². The van der Waals surface area contributed by atoms with Gasteiger partial charge < -0.3 is 4.52 Å². The standard InChI is InChI=1S/C12H9F3NOP/c1-2-7-6-9(16-17-7)11-8(12(13,14)15)4-3-5-10(11)18/h4,6H,2,18H2,1H3. The fraction of sp³-hybridized carbons (Fsp3) is 0.250. The average molecular weight is 271 g/mol. The minimum absolute atomic E-state index is 0.0327. The Balaban J connectivity index is 2.62. The van der Waals surface area contributed by atoms with E-state index in [2.05, 4.69) is 26.5 Å². The van der Waals surface area contributed by atoms with Gasteiger partial charge >= 0.3 is 6.18 Å². The first kappa shape index (κ1) is 12.9. The van der Waals surface area contributed by atoms with Gasteiger partial charge in [-0.3, -0.25) is 0 Å². The van der Waals surface area contributed by atoms with Gasteiger partial charge in [-0.2, -0.15) is 13.2 Å². The molecule has 1 atom stereocenters. The first-order valence-electron chi connectivity index (χ1n) is 5.18. The highest BCUT2D eigenvalue weighted by molar-refractivity contribution is 7.27. The molecule has 0 fully saturated rings. The Hall–Kier alpha value is -1.53. The molecule has 0 aliphatic carbocycles. The van der Waals surface area contributed by atoms with Crippen molar-refractivity contribution in [1.82, 2.24) is 5.16 Å². The molecule has 94 valence electrons. The number of rotatable bonds is 2. The second kappa shape index (κ2) is 4.62. The maximum Gasteiger partial charge on any atom is 0.417 e. The van der Waals surface area contributed by atoms with Crippen LogP contribution < -0.4 is 5.30 Å². The summed E-state index contributed by atoms with van der Waals surface area (Å²) in [6.07, 6.45) is -3.89. The number of aromatic nitrogens is 1. The van der Waals surface area contributed by atoms with Crippen LogP contribution in [0.15, 0.2) is 16.7 Å². The number of nitrogens with zero attached hydrogens (tertiary/aromatic N) is 1. The fourth-order valence-electron chi connectivity index (χ4n) is 1.56. The van der Waals surface area contributed by atoms with E-state index in [0.29, 0.717) is 12.2 Å². The van der Waals surface area contributed by atoms with E-state index in [1.807, 2.05) is 6.92 Å². The van der Waals surface area contributed by atoms with Crippen molar-refractivity contribution in [3.8, 4) is 11.3 Å². The summed E-state index contributed by atoms with van der Waals surface area (Å²) in [5.41, 5.74) is -0.661. The molecule has 18 heavy (non-hydrogen) atoms. The Bertz CT molecular complexity index is 563. The van der Waals surface area contributed by atoms with E-state index in [1.54, 1.807) is 0 Å². The van der Waals surface area contributed by atoms with Crippen LogP contribution in [0.5, 0.6) is 0 Å². The van der Waals surface area contributed by atoms with Crippen LogP contribution in [0.3, 0.4) is 0 Å². The molecule has 0 N–H and O–H groups in total. The molecule has 2 rings (SSSR count). The molecule has 6 heteroatoms. The Morgan fingerprint density at radius 3 is 2.72 bits per heavy atom. The van der Waals surface area contributed by atoms with Crippen LogP contribution in [-0.2, 0) is 12.6 Å². The Morgan fingerprint density at radius 1 is 1.44 bits per heavy atom. The minimum Gasteiger partial charge on any atom is -0.361 e. The lowest BCUT2D eigenvalue weighted by Gasteiger charge is -2.10. The summed E-state index contributed by atoms with van der Waals surface area (Å²) in [5, 5.41) is 3.93. The number of alkyl halides is 3. The lowest BCUT2D eigenvalue weighted by atomic mass is 10.1. The molecule has 0 saturated carbocycles. The number of aryl methyl sites for hydroxylation is 1. The molecule has 0 amide bonds. The van der Waals surface area contributed by atoms with Gasteiger partial charge in [-0.15, -0.1) is 0 Å². The molecular weight excluding hydrogens is 262 g/mol. The third kappa shape index (κ3) is 2.34. The molecule has 1 unspecified atom stereocenters. The van der Waals surface area contributed by atoms with E-state index in [-0.39, 0.29) is 16.6 Å². The highest BCUT2D eigenvalue weighted by Gasteiger charge is 2.35. The minimum atomic E-state index is -4.46. The highest BCUT2D eigenvalue weighted by atomic mass is 31.0. The summed E-state index contributed by atoms with van der Waals surface area (Å²) >= 11 is 0. The monoisotopic (exact) mass is 271 g/mol. The fourth-order valence-corrected chi connectivity index (χ4v) is 1.95. The molecule has 1 aromatic heterocycles. The van der Waals surface area contributed by atoms with Crippen molar-refractivity contribution < 1.29 is 17.7 Å². The molecule has 0 radical (unpaired) electrons. The molecule has 0 spiro atoms. The van der Waals surface area contributed by atoms with Crippen LogP contribution >= 0.6 is 9.24 Å². The predicted molar refractivity (Wildman–Crippen MR) is 63.3 cm³/mol. The highest BCUT2D eigenvalue weighted by Crippen LogP contribution is 2.35. The summed E-state index contributed by atoms with van der Waals surface area (Å²) in [6, 6.07) is 7.31. The molecule has 0 bridgehead atoms. The Kier molecular flexibility index (Phi) is 3.32. The van der Waals surface area contributed by atoms with Crippen LogP contribution in [0.2, 0.25) is 0 Å². The maximum atomic E-state index is 12.9. The van der Waals surface area contributed by atoms with Gasteiger partial charge in [0.15, 0.2) is 0 Å². The van der Waals surface area contributed by atoms with Crippen LogP contribution in [0.4, 0.5) is 13.2 Å². The zero-order valence-corrected chi connectivity index (χ0v) is 10.6. The molecule has 2 nitrogen and oxygen atoms in total. The van der Waals surface area contributed by atoms with Gasteiger partial charge in [0.2, 0.25) is 0 Å². The molecule has 0 aliphatic heterocycles. The van der Waals surface area contributed by atoms with Crippen molar-refractivity contribution in [2.24, 2.45) is 0 Å². The van der Waals surface area contributed by atoms with Crippen LogP contribution in [0.25, 0.3) is 11.3 Å². The zero-order valence-electron chi connectivity index (χ0n) is 9.43. The van der Waals surface area contributed by atoms with Crippen molar-refractivity contribution in [1.29, 1.82) is 0 Å². The molecule has 2 aromatic rings. The SMILES string of the molecule is CCc1cc(-c2c(P)c#ccc2C(F)(F)F)no1. The molecular formula is C12H9F3NOP. The summed E-state index contributed by atoms with van der Waals surface area (Å²) in [5.74, 6) is 0.537. The van der Waals surface area contributed by atoms with Crippen molar-refractivity contribution in [2.45, 2.75) is 19.5 Å². The van der Waals surface area contributed by atoms with E-state index in [9.17, 15) is 13.2 Å². The van der Waals surface area contributed by atoms with Crippen LogP contribution in [0, 0.1) is 12.1 Å². The molecule has 0 aliphatic rings. The lowest BCUT2D eigenvalue weighted by molar-refractivity contribution is -0.137. The first-order chi connectivity index (χ1) is 8.43. The predicted octanol–water partition coefficient (Wildman–Crippen LogP) is 3.02. The lowest BCUT2D eigenvalue weighted by Crippen LogP contribution is -2.11. The van der Waals surface area contributed by atoms with Crippen molar-refractivity contribution in [3.05, 3.63) is 35.6 Å². The van der Waals surface area contributed by atoms with E-state index >= 15 is 0 Å². The quantitative estimate of drug-likeness (QED) is 0.785. The zero-order chi connectivity index (χ0) is 13.3. The summed E-state index contributed by atoms with van der Waals surface area (Å²) in [6.45, 7) is 1.83. The maximum absolute atomic E-state index is 12.9. The summed E-state index contributed by atoms with van der Waals surface area (Å²) in [4.78, 5) is 0. The summed E-state index contributed by atoms with van der Waals surface area (Å²) in [7, 11) is 2.21. The topological polar surface area (TPSA) is 26.0 Å². The number of halogens is 3. The molecule has 1 heterocycles. The van der Waals surface area contributed by atoms with Crippen molar-refractivity contribution in [3.63, 3.8) is 0 Å². The van der Waals surface area contributed by atoms with Crippen molar-refractivity contribution >= 4 is 14.5 Å². The van der Waals surface area contributed by atoms with Gasteiger partial charge in [-0.25, -0.2) is 0 Å². The second-order valence-electron chi connectivity index (χ2n) is 3.65. The van der Waals surface area contributed by atoms with E-state index < -0.39 is 11.7 Å². The van der Waals surface area contributed by atoms with Crippen LogP contribution in [-0.4, -0.2) is 5.16 Å². The smallest absolute Gasteiger partial charge is 0.361 e. The largest absolute Gasteiger partial charge is 0.417 e. The van der Waals surface area contributed by atoms with Gasteiger partial charge in [-0.05, 0) is 0 Å². The molecule has 0 saturated heterocycles. The Labute approximate surface area is 104 Å². The van der Waals surface area contributed by atoms with Gasteiger partial charge in [0.05, 0.1) is 5.56 Å². The van der Waals surface area contributed by atoms with Gasteiger partial charge in [-0.1, -0.05) is 33.5 Å². The third-order valence-electron chi connectivity index (χ3n) is 2.43. The van der Waals surface area contributed by atoms with Gasteiger partial charge in [0.25, 0.3) is 0 Å². The summed E-state index contributed by atoms with van der Waals surface area (Å²) < 4.78 is 43.6. The number of hydrogen-bond donors (Lipinski definition) is 0. The average Bonchev–Trinajstić information content (AvgIpc) is 2.75. The van der Waals surface area contributed by atoms with E-state index in [4.69, 9.17) is 4.52 Å². The Morgan fingerprint density at radius 2 is 2.17 bits per heavy atom. The number of hydrogen-bond acceptors (Lipinski definition) is 2. The van der Waals surface area contributed by atoms with E-state index in [1.165, 1.54) is 6.07 Å². The first-order valence-corrected chi connectivity index (χ1v) is 5.76. The van der Waals surface area contributed by atoms with Gasteiger partial charge in [0.1, 0.15) is 11.5 Å².